The van der Waals surface area contributed by atoms with Crippen LogP contribution in [0, 0.1) is 10.1 Å². The van der Waals surface area contributed by atoms with Gasteiger partial charge in [-0.25, -0.2) is 9.59 Å². The number of esters is 2. The topological polar surface area (TPSA) is 151 Å². The van der Waals surface area contributed by atoms with Gasteiger partial charge in [-0.05, 0) is 50.2 Å². The maximum atomic E-state index is 12.0. The van der Waals surface area contributed by atoms with E-state index in [1.807, 2.05) is 0 Å². The van der Waals surface area contributed by atoms with Crippen molar-refractivity contribution >= 4 is 34.9 Å². The van der Waals surface area contributed by atoms with E-state index >= 15 is 0 Å². The Labute approximate surface area is 165 Å². The highest BCUT2D eigenvalue weighted by Crippen LogP contribution is 2.22. The van der Waals surface area contributed by atoms with Crippen molar-refractivity contribution in [3.63, 3.8) is 0 Å². The first-order chi connectivity index (χ1) is 13.7. The zero-order valence-electron chi connectivity index (χ0n) is 15.7. The number of carbonyl (C=O) groups is 3. The molecule has 2 aromatic rings. The summed E-state index contributed by atoms with van der Waals surface area (Å²) in [7, 11) is 0. The van der Waals surface area contributed by atoms with Gasteiger partial charge in [0.05, 0.1) is 22.2 Å². The fourth-order valence-corrected chi connectivity index (χ4v) is 2.21. The lowest BCUT2D eigenvalue weighted by atomic mass is 10.2. The monoisotopic (exact) mass is 401 g/mol. The number of amides is 1. The van der Waals surface area contributed by atoms with Crippen LogP contribution in [0.25, 0.3) is 0 Å². The number of nitro benzene ring substituents is 1. The molecule has 152 valence electrons. The minimum absolute atomic E-state index is 0.0926. The van der Waals surface area contributed by atoms with Crippen LogP contribution in [0.5, 0.6) is 0 Å². The van der Waals surface area contributed by atoms with Gasteiger partial charge in [0.25, 0.3) is 11.6 Å². The third-order valence-electron chi connectivity index (χ3n) is 3.54. The Morgan fingerprint density at radius 1 is 1.07 bits per heavy atom. The van der Waals surface area contributed by atoms with Gasteiger partial charge in [0.1, 0.15) is 5.69 Å². The van der Waals surface area contributed by atoms with Gasteiger partial charge in [-0.1, -0.05) is 0 Å². The highest BCUT2D eigenvalue weighted by molar-refractivity contribution is 5.96. The van der Waals surface area contributed by atoms with Crippen LogP contribution in [-0.2, 0) is 14.3 Å². The number of rotatable bonds is 7. The number of nitrogens with one attached hydrogen (secondary N) is 1. The van der Waals surface area contributed by atoms with Crippen molar-refractivity contribution in [2.75, 3.05) is 17.7 Å². The second kappa shape index (κ2) is 9.31. The van der Waals surface area contributed by atoms with E-state index in [0.29, 0.717) is 11.3 Å². The Morgan fingerprint density at radius 3 is 2.28 bits per heavy atom. The standard InChI is InChI=1S/C19H19N3O7/c1-11(2)29-19(25)12-3-6-14(7-4-12)21-17(23)10-28-18(24)13-5-8-15(20)16(9-13)22(26)27/h3-9,11H,10,20H2,1-2H3,(H,21,23). The van der Waals surface area contributed by atoms with Crippen molar-refractivity contribution < 1.29 is 28.8 Å². The second-order valence-corrected chi connectivity index (χ2v) is 6.19. The smallest absolute Gasteiger partial charge is 0.338 e. The lowest BCUT2D eigenvalue weighted by Gasteiger charge is -2.09. The maximum Gasteiger partial charge on any atom is 0.338 e. The molecule has 0 atom stereocenters. The molecule has 10 nitrogen and oxygen atoms in total. The summed E-state index contributed by atoms with van der Waals surface area (Å²) in [6.07, 6.45) is -0.251. The van der Waals surface area contributed by atoms with Crippen LogP contribution in [0.1, 0.15) is 34.6 Å². The fourth-order valence-electron chi connectivity index (χ4n) is 2.21. The van der Waals surface area contributed by atoms with E-state index in [2.05, 4.69) is 5.32 Å². The predicted octanol–water partition coefficient (Wildman–Crippen LogP) is 2.54. The Balaban J connectivity index is 1.91. The summed E-state index contributed by atoms with van der Waals surface area (Å²) >= 11 is 0. The summed E-state index contributed by atoms with van der Waals surface area (Å²) in [4.78, 5) is 45.8. The number of hydrogen-bond donors (Lipinski definition) is 2. The summed E-state index contributed by atoms with van der Waals surface area (Å²) < 4.78 is 9.91. The van der Waals surface area contributed by atoms with Gasteiger partial charge in [-0.15, -0.1) is 0 Å². The minimum Gasteiger partial charge on any atom is -0.459 e. The van der Waals surface area contributed by atoms with Crippen LogP contribution in [0.15, 0.2) is 42.5 Å². The van der Waals surface area contributed by atoms with Crippen LogP contribution in [0.2, 0.25) is 0 Å². The third-order valence-corrected chi connectivity index (χ3v) is 3.54. The number of ether oxygens (including phenoxy) is 2. The molecule has 0 bridgehead atoms. The number of carbonyl (C=O) groups excluding carboxylic acids is 3. The molecular weight excluding hydrogens is 382 g/mol. The van der Waals surface area contributed by atoms with Crippen molar-refractivity contribution in [3.05, 3.63) is 63.7 Å². The minimum atomic E-state index is -0.907. The van der Waals surface area contributed by atoms with E-state index in [1.165, 1.54) is 36.4 Å². The van der Waals surface area contributed by atoms with E-state index in [4.69, 9.17) is 15.2 Å². The van der Waals surface area contributed by atoms with Crippen LogP contribution in [0.3, 0.4) is 0 Å². The molecule has 0 aliphatic rings. The maximum absolute atomic E-state index is 12.0. The summed E-state index contributed by atoms with van der Waals surface area (Å²) in [6, 6.07) is 9.42. The highest BCUT2D eigenvalue weighted by Gasteiger charge is 2.17. The van der Waals surface area contributed by atoms with Crippen LogP contribution < -0.4 is 11.1 Å². The molecular formula is C19H19N3O7. The average molecular weight is 401 g/mol. The van der Waals surface area contributed by atoms with E-state index in [1.54, 1.807) is 13.8 Å². The molecule has 0 aliphatic carbocycles. The first kappa shape index (κ1) is 21.4. The van der Waals surface area contributed by atoms with Gasteiger partial charge in [0, 0.05) is 11.8 Å². The highest BCUT2D eigenvalue weighted by atomic mass is 16.6. The third kappa shape index (κ3) is 6.03. The van der Waals surface area contributed by atoms with Gasteiger partial charge < -0.3 is 20.5 Å². The predicted molar refractivity (Wildman–Crippen MR) is 103 cm³/mol. The number of nitrogens with two attached hydrogens (primary N) is 1. The molecule has 29 heavy (non-hydrogen) atoms. The second-order valence-electron chi connectivity index (χ2n) is 6.19. The largest absolute Gasteiger partial charge is 0.459 e. The number of anilines is 2. The average Bonchev–Trinajstić information content (AvgIpc) is 2.66. The summed E-state index contributed by atoms with van der Waals surface area (Å²) in [5, 5.41) is 13.4. The van der Waals surface area contributed by atoms with Crippen LogP contribution in [0.4, 0.5) is 17.1 Å². The number of nitrogens with zero attached hydrogens (tertiary/aromatic N) is 1. The SMILES string of the molecule is CC(C)OC(=O)c1ccc(NC(=O)COC(=O)c2ccc(N)c([N+](=O)[O-])c2)cc1. The van der Waals surface area contributed by atoms with Crippen molar-refractivity contribution in [1.29, 1.82) is 0 Å². The normalized spacial score (nSPS) is 10.3. The first-order valence-electron chi connectivity index (χ1n) is 8.49. The molecule has 0 saturated heterocycles. The molecule has 0 radical (unpaired) electrons. The molecule has 1 amide bonds. The number of nitrogen functional groups attached to an aromatic ring is 1. The first-order valence-corrected chi connectivity index (χ1v) is 8.49. The van der Waals surface area contributed by atoms with Crippen molar-refractivity contribution in [1.82, 2.24) is 0 Å². The fraction of sp³-hybridized carbons (Fsp3) is 0.211. The summed E-state index contributed by atoms with van der Waals surface area (Å²) in [6.45, 7) is 2.86. The van der Waals surface area contributed by atoms with Gasteiger partial charge in [0.15, 0.2) is 6.61 Å². The van der Waals surface area contributed by atoms with E-state index in [9.17, 15) is 24.5 Å². The zero-order chi connectivity index (χ0) is 21.6. The van der Waals surface area contributed by atoms with Crippen LogP contribution >= 0.6 is 0 Å². The molecule has 0 unspecified atom stereocenters. The Hall–Kier alpha value is -3.95. The number of benzene rings is 2. The van der Waals surface area contributed by atoms with E-state index in [0.717, 1.165) is 6.07 Å². The van der Waals surface area contributed by atoms with Gasteiger partial charge in [-0.3, -0.25) is 14.9 Å². The van der Waals surface area contributed by atoms with E-state index in [-0.39, 0.29) is 17.4 Å². The molecule has 0 heterocycles. The zero-order valence-corrected chi connectivity index (χ0v) is 15.7. The quantitative estimate of drug-likeness (QED) is 0.311. The summed E-state index contributed by atoms with van der Waals surface area (Å²) in [5.41, 5.74) is 5.55. The van der Waals surface area contributed by atoms with Gasteiger partial charge in [-0.2, -0.15) is 0 Å². The molecule has 3 N–H and O–H groups in total. The molecule has 0 aliphatic heterocycles. The summed E-state index contributed by atoms with van der Waals surface area (Å²) in [5.74, 6) is -2.01. The van der Waals surface area contributed by atoms with Crippen LogP contribution in [-0.4, -0.2) is 35.5 Å². The molecule has 0 fully saturated rings. The van der Waals surface area contributed by atoms with Gasteiger partial charge >= 0.3 is 11.9 Å². The number of hydrogen-bond acceptors (Lipinski definition) is 8. The van der Waals surface area contributed by atoms with Crippen molar-refractivity contribution in [2.24, 2.45) is 0 Å². The lowest BCUT2D eigenvalue weighted by molar-refractivity contribution is -0.383. The molecule has 0 aromatic heterocycles. The van der Waals surface area contributed by atoms with Crippen molar-refractivity contribution in [3.8, 4) is 0 Å². The van der Waals surface area contributed by atoms with Crippen molar-refractivity contribution in [2.45, 2.75) is 20.0 Å². The molecule has 2 aromatic carbocycles. The molecule has 0 saturated carbocycles. The Bertz CT molecular complexity index is 939. The Morgan fingerprint density at radius 2 is 1.69 bits per heavy atom. The number of nitro groups is 1. The molecule has 0 spiro atoms. The molecule has 10 heteroatoms. The lowest BCUT2D eigenvalue weighted by Crippen LogP contribution is -2.21. The van der Waals surface area contributed by atoms with E-state index < -0.39 is 35.1 Å². The molecule has 2 rings (SSSR count). The Kier molecular flexibility index (Phi) is 6.85. The van der Waals surface area contributed by atoms with Gasteiger partial charge in [0.2, 0.25) is 0 Å².